The maximum absolute atomic E-state index is 13.2. The molecule has 0 aliphatic heterocycles. The summed E-state index contributed by atoms with van der Waals surface area (Å²) >= 11 is 0. The Bertz CT molecular complexity index is 813. The van der Waals surface area contributed by atoms with Gasteiger partial charge < -0.3 is 5.32 Å². The van der Waals surface area contributed by atoms with Crippen LogP contribution in [-0.4, -0.2) is 10.9 Å². The number of halogens is 1. The molecule has 0 aliphatic carbocycles. The van der Waals surface area contributed by atoms with Gasteiger partial charge in [0.25, 0.3) is 5.91 Å². The second-order valence-corrected chi connectivity index (χ2v) is 4.88. The fourth-order valence-electron chi connectivity index (χ4n) is 2.07. The molecule has 0 radical (unpaired) electrons. The van der Waals surface area contributed by atoms with Gasteiger partial charge in [-0.05, 0) is 43.3 Å². The summed E-state index contributed by atoms with van der Waals surface area (Å²) in [5.41, 5.74) is 2.89. The number of anilines is 1. The van der Waals surface area contributed by atoms with Gasteiger partial charge in [0.05, 0.1) is 11.1 Å². The number of amides is 1. The lowest BCUT2D eigenvalue weighted by molar-refractivity contribution is 0.102. The standard InChI is InChI=1S/C17H13FN2O/c1-11-2-5-15(6-3-11)20-17(21)13-8-12-9-14(18)4-7-16(12)19-10-13/h2-10H,1H3,(H,20,21). The molecule has 4 heteroatoms. The lowest BCUT2D eigenvalue weighted by Gasteiger charge is -2.06. The molecule has 1 heterocycles. The first kappa shape index (κ1) is 13.2. The number of nitrogens with zero attached hydrogens (tertiary/aromatic N) is 1. The monoisotopic (exact) mass is 280 g/mol. The molecule has 3 aromatic rings. The van der Waals surface area contributed by atoms with E-state index in [9.17, 15) is 9.18 Å². The molecule has 0 fully saturated rings. The van der Waals surface area contributed by atoms with Crippen molar-refractivity contribution in [3.63, 3.8) is 0 Å². The summed E-state index contributed by atoms with van der Waals surface area (Å²) in [7, 11) is 0. The van der Waals surface area contributed by atoms with Gasteiger partial charge >= 0.3 is 0 Å². The van der Waals surface area contributed by atoms with Crippen LogP contribution in [0.4, 0.5) is 10.1 Å². The average Bonchev–Trinajstić information content (AvgIpc) is 2.48. The van der Waals surface area contributed by atoms with Crippen LogP contribution in [0.5, 0.6) is 0 Å². The van der Waals surface area contributed by atoms with Crippen LogP contribution >= 0.6 is 0 Å². The zero-order valence-corrected chi connectivity index (χ0v) is 11.4. The number of fused-ring (bicyclic) bond motifs is 1. The van der Waals surface area contributed by atoms with Gasteiger partial charge in [-0.25, -0.2) is 4.39 Å². The second-order valence-electron chi connectivity index (χ2n) is 4.88. The minimum Gasteiger partial charge on any atom is -0.322 e. The van der Waals surface area contributed by atoms with Crippen LogP contribution in [-0.2, 0) is 0 Å². The molecule has 1 aromatic heterocycles. The van der Waals surface area contributed by atoms with Crippen LogP contribution in [0.25, 0.3) is 10.9 Å². The van der Waals surface area contributed by atoms with Crippen LogP contribution in [0.3, 0.4) is 0 Å². The van der Waals surface area contributed by atoms with Crippen molar-refractivity contribution in [1.82, 2.24) is 4.98 Å². The van der Waals surface area contributed by atoms with Gasteiger partial charge in [-0.3, -0.25) is 9.78 Å². The van der Waals surface area contributed by atoms with Crippen molar-refractivity contribution >= 4 is 22.5 Å². The Labute approximate surface area is 121 Å². The van der Waals surface area contributed by atoms with Crippen molar-refractivity contribution in [3.05, 3.63) is 71.7 Å². The van der Waals surface area contributed by atoms with E-state index in [1.807, 2.05) is 31.2 Å². The molecule has 1 amide bonds. The van der Waals surface area contributed by atoms with Crippen molar-refractivity contribution in [2.45, 2.75) is 6.92 Å². The van der Waals surface area contributed by atoms with E-state index >= 15 is 0 Å². The number of benzene rings is 2. The maximum Gasteiger partial charge on any atom is 0.257 e. The molecule has 0 saturated carbocycles. The normalized spacial score (nSPS) is 10.6. The summed E-state index contributed by atoms with van der Waals surface area (Å²) in [6, 6.07) is 13.4. The van der Waals surface area contributed by atoms with E-state index in [1.165, 1.54) is 18.3 Å². The number of nitrogens with one attached hydrogen (secondary N) is 1. The van der Waals surface area contributed by atoms with Gasteiger partial charge in [-0.15, -0.1) is 0 Å². The Morgan fingerprint density at radius 1 is 1.10 bits per heavy atom. The molecule has 1 N–H and O–H groups in total. The van der Waals surface area contributed by atoms with E-state index in [4.69, 9.17) is 0 Å². The number of hydrogen-bond acceptors (Lipinski definition) is 2. The van der Waals surface area contributed by atoms with Gasteiger partial charge in [0.1, 0.15) is 5.82 Å². The third-order valence-electron chi connectivity index (χ3n) is 3.21. The SMILES string of the molecule is Cc1ccc(NC(=O)c2cnc3ccc(F)cc3c2)cc1. The molecule has 104 valence electrons. The third-order valence-corrected chi connectivity index (χ3v) is 3.21. The van der Waals surface area contributed by atoms with Gasteiger partial charge in [0.2, 0.25) is 0 Å². The fourth-order valence-corrected chi connectivity index (χ4v) is 2.07. The van der Waals surface area contributed by atoms with Gasteiger partial charge in [-0.1, -0.05) is 17.7 Å². The minimum atomic E-state index is -0.347. The van der Waals surface area contributed by atoms with E-state index in [0.29, 0.717) is 22.2 Å². The number of aryl methyl sites for hydroxylation is 1. The Hall–Kier alpha value is -2.75. The highest BCUT2D eigenvalue weighted by Gasteiger charge is 2.08. The number of carbonyl (C=O) groups is 1. The Morgan fingerprint density at radius 2 is 1.86 bits per heavy atom. The highest BCUT2D eigenvalue weighted by molar-refractivity contribution is 6.05. The molecule has 0 spiro atoms. The number of pyridine rings is 1. The topological polar surface area (TPSA) is 42.0 Å². The molecule has 0 saturated heterocycles. The zero-order chi connectivity index (χ0) is 14.8. The summed E-state index contributed by atoms with van der Waals surface area (Å²) in [4.78, 5) is 16.4. The van der Waals surface area contributed by atoms with Crippen molar-refractivity contribution < 1.29 is 9.18 Å². The Balaban J connectivity index is 1.88. The summed E-state index contributed by atoms with van der Waals surface area (Å²) in [6.45, 7) is 1.98. The first-order valence-corrected chi connectivity index (χ1v) is 6.55. The molecule has 3 nitrogen and oxygen atoms in total. The molecule has 0 bridgehead atoms. The first-order chi connectivity index (χ1) is 10.1. The smallest absolute Gasteiger partial charge is 0.257 e. The fraction of sp³-hybridized carbons (Fsp3) is 0.0588. The number of aromatic nitrogens is 1. The van der Waals surface area contributed by atoms with E-state index in [2.05, 4.69) is 10.3 Å². The second kappa shape index (κ2) is 5.32. The highest BCUT2D eigenvalue weighted by atomic mass is 19.1. The van der Waals surface area contributed by atoms with Crippen LogP contribution in [0, 0.1) is 12.7 Å². The largest absolute Gasteiger partial charge is 0.322 e. The Kier molecular flexibility index (Phi) is 3.36. The number of rotatable bonds is 2. The minimum absolute atomic E-state index is 0.266. The maximum atomic E-state index is 13.2. The van der Waals surface area contributed by atoms with E-state index in [0.717, 1.165) is 5.56 Å². The lowest BCUT2D eigenvalue weighted by atomic mass is 10.1. The first-order valence-electron chi connectivity index (χ1n) is 6.55. The van der Waals surface area contributed by atoms with Crippen molar-refractivity contribution in [3.8, 4) is 0 Å². The van der Waals surface area contributed by atoms with Gasteiger partial charge in [0, 0.05) is 17.3 Å². The lowest BCUT2D eigenvalue weighted by Crippen LogP contribution is -2.12. The third kappa shape index (κ3) is 2.89. The highest BCUT2D eigenvalue weighted by Crippen LogP contribution is 2.16. The van der Waals surface area contributed by atoms with Crippen LogP contribution in [0.1, 0.15) is 15.9 Å². The molecule has 0 atom stereocenters. The molecule has 3 rings (SSSR count). The van der Waals surface area contributed by atoms with Crippen molar-refractivity contribution in [2.24, 2.45) is 0 Å². The molecule has 0 aliphatic rings. The van der Waals surface area contributed by atoms with Crippen molar-refractivity contribution in [1.29, 1.82) is 0 Å². The molecule has 2 aromatic carbocycles. The van der Waals surface area contributed by atoms with Crippen molar-refractivity contribution in [2.75, 3.05) is 5.32 Å². The van der Waals surface area contributed by atoms with Crippen LogP contribution < -0.4 is 5.32 Å². The van der Waals surface area contributed by atoms with E-state index < -0.39 is 0 Å². The quantitative estimate of drug-likeness (QED) is 0.772. The zero-order valence-electron chi connectivity index (χ0n) is 11.4. The van der Waals surface area contributed by atoms with Gasteiger partial charge in [0.15, 0.2) is 0 Å². The number of carbonyl (C=O) groups excluding carboxylic acids is 1. The summed E-state index contributed by atoms with van der Waals surface area (Å²) in [5.74, 6) is -0.613. The predicted molar refractivity (Wildman–Crippen MR) is 80.8 cm³/mol. The van der Waals surface area contributed by atoms with E-state index in [-0.39, 0.29) is 11.7 Å². The predicted octanol–water partition coefficient (Wildman–Crippen LogP) is 3.93. The molecule has 0 unspecified atom stereocenters. The van der Waals surface area contributed by atoms with Gasteiger partial charge in [-0.2, -0.15) is 0 Å². The van der Waals surface area contributed by atoms with Crippen LogP contribution in [0.2, 0.25) is 0 Å². The number of hydrogen-bond donors (Lipinski definition) is 1. The Morgan fingerprint density at radius 3 is 2.62 bits per heavy atom. The molecular weight excluding hydrogens is 267 g/mol. The summed E-state index contributed by atoms with van der Waals surface area (Å²) in [5, 5.41) is 3.40. The average molecular weight is 280 g/mol. The molecule has 21 heavy (non-hydrogen) atoms. The summed E-state index contributed by atoms with van der Waals surface area (Å²) < 4.78 is 13.2. The van der Waals surface area contributed by atoms with E-state index in [1.54, 1.807) is 12.1 Å². The summed E-state index contributed by atoms with van der Waals surface area (Å²) in [6.07, 6.45) is 1.49. The van der Waals surface area contributed by atoms with Crippen LogP contribution in [0.15, 0.2) is 54.7 Å². The molecular formula is C17H13FN2O.